The maximum absolute atomic E-state index is 12.8. The van der Waals surface area contributed by atoms with Gasteiger partial charge in [0, 0.05) is 72.5 Å². The summed E-state index contributed by atoms with van der Waals surface area (Å²) in [6, 6.07) is 38.5. The molecule has 10 aromatic rings. The first-order valence-corrected chi connectivity index (χ1v) is 37.9. The lowest BCUT2D eigenvalue weighted by atomic mass is 9.92. The van der Waals surface area contributed by atoms with Crippen molar-refractivity contribution in [3.05, 3.63) is 197 Å². The molecule has 13 rings (SSSR count). The Bertz CT molecular complexity index is 5420. The molecule has 0 radical (unpaired) electrons. The zero-order valence-electron chi connectivity index (χ0n) is 60.8. The molecule has 109 heavy (non-hydrogen) atoms. The zero-order chi connectivity index (χ0) is 78.9. The van der Waals surface area contributed by atoms with Crippen LogP contribution in [0.2, 0.25) is 5.02 Å². The molecule has 37 nitrogen and oxygen atoms in total. The predicted molar refractivity (Wildman–Crippen MR) is 407 cm³/mol. The molecule has 10 N–H and O–H groups in total. The molecule has 0 aliphatic carbocycles. The van der Waals surface area contributed by atoms with E-state index in [1.807, 2.05) is 101 Å². The number of para-hydroxylation sites is 2. The molecular formula is C68H78ClN25O12S3. The molecule has 0 unspecified atom stereocenters. The molecule has 5 aromatic heterocycles. The molecule has 3 saturated heterocycles. The molecular weight excluding hydrogens is 1490 g/mol. The van der Waals surface area contributed by atoms with Crippen LogP contribution in [0.5, 0.6) is 0 Å². The Hall–Kier alpha value is -12.1. The van der Waals surface area contributed by atoms with Crippen molar-refractivity contribution in [1.29, 1.82) is 0 Å². The third-order valence-electron chi connectivity index (χ3n) is 16.6. The molecule has 0 saturated carbocycles. The van der Waals surface area contributed by atoms with Gasteiger partial charge in [0.2, 0.25) is 5.95 Å². The number of carbonyl (C=O) groups is 6. The monoisotopic (exact) mass is 1570 g/mol. The number of carbonyl (C=O) groups excluding carboxylic acids is 6. The molecule has 12 amide bonds. The number of hydrogen-bond acceptors (Lipinski definition) is 18. The van der Waals surface area contributed by atoms with Crippen LogP contribution >= 0.6 is 11.6 Å². The van der Waals surface area contributed by atoms with E-state index in [4.69, 9.17) is 16.7 Å². The Morgan fingerprint density at radius 1 is 0.450 bits per heavy atom. The van der Waals surface area contributed by atoms with Gasteiger partial charge in [0.15, 0.2) is 0 Å². The second-order valence-electron chi connectivity index (χ2n) is 27.9. The second-order valence-corrected chi connectivity index (χ2v) is 33.1. The number of benzene rings is 5. The number of aromatic amines is 1. The number of imidazole rings is 1. The van der Waals surface area contributed by atoms with E-state index in [1.165, 1.54) is 33.7 Å². The summed E-state index contributed by atoms with van der Waals surface area (Å²) < 4.78 is 86.4. The summed E-state index contributed by atoms with van der Waals surface area (Å²) in [5, 5.41) is 34.2. The van der Waals surface area contributed by atoms with Crippen LogP contribution in [0.4, 0.5) is 63.7 Å². The van der Waals surface area contributed by atoms with E-state index in [-0.39, 0.29) is 35.9 Å². The van der Waals surface area contributed by atoms with Crippen molar-refractivity contribution in [3.8, 4) is 17.1 Å². The summed E-state index contributed by atoms with van der Waals surface area (Å²) in [7, 11) is -7.67. The predicted octanol–water partition coefficient (Wildman–Crippen LogP) is 9.61. The van der Waals surface area contributed by atoms with Crippen LogP contribution in [0.15, 0.2) is 158 Å². The number of anilines is 6. The van der Waals surface area contributed by atoms with Gasteiger partial charge in [-0.1, -0.05) is 136 Å². The molecule has 41 heteroatoms. The molecule has 3 aliphatic rings. The van der Waals surface area contributed by atoms with Gasteiger partial charge in [-0.3, -0.25) is 26.6 Å². The first-order chi connectivity index (χ1) is 51.2. The molecule has 3 fully saturated rings. The molecule has 0 bridgehead atoms. The highest BCUT2D eigenvalue weighted by atomic mass is 35.5. The van der Waals surface area contributed by atoms with Crippen LogP contribution in [-0.4, -0.2) is 160 Å². The average molecular weight is 1570 g/mol. The summed E-state index contributed by atoms with van der Waals surface area (Å²) in [6.07, 6.45) is 2.85. The Balaban J connectivity index is 0.000000163. The van der Waals surface area contributed by atoms with E-state index < -0.39 is 66.8 Å². The number of nitrogens with one attached hydrogen (secondary N) is 10. The van der Waals surface area contributed by atoms with Gasteiger partial charge in [0.25, 0.3) is 0 Å². The second kappa shape index (κ2) is 30.6. The van der Waals surface area contributed by atoms with Crippen LogP contribution < -0.4 is 46.1 Å². The van der Waals surface area contributed by atoms with Crippen molar-refractivity contribution in [2.45, 2.75) is 98.2 Å². The maximum atomic E-state index is 12.8. The van der Waals surface area contributed by atoms with E-state index in [0.717, 1.165) is 56.4 Å². The SMILES string of the molecule is CN1C(=O)NS(=O)(=O)N1Cc1ccc(-n2nc(C(C)(C)C)cc2NC(=O)Nc2ccc(Cl)cc2)cc1.CN1C(=O)NS(=O)(=O)N1Cc1ccc(-n2nc(C(C)(C)C)cc2NC(=O)Nc2ccncn2)cc1.CN1C(=O)NS(=O)(=O)N1Cc1ccc(-n2nc(C(C)(C)C)cc2NC(=O)Nc2nc3ccccc3[nH]2)cc1. The lowest BCUT2D eigenvalue weighted by Gasteiger charge is -2.20. The number of hydrogen-bond donors (Lipinski definition) is 10. The fourth-order valence-corrected chi connectivity index (χ4v) is 14.2. The van der Waals surface area contributed by atoms with Crippen molar-refractivity contribution in [1.82, 2.24) is 91.7 Å². The Morgan fingerprint density at radius 3 is 1.14 bits per heavy atom. The average Bonchev–Trinajstić information content (AvgIpc) is 1.64. The number of hydrazine groups is 3. The van der Waals surface area contributed by atoms with Crippen molar-refractivity contribution in [3.63, 3.8) is 0 Å². The highest BCUT2D eigenvalue weighted by Gasteiger charge is 2.41. The summed E-state index contributed by atoms with van der Waals surface area (Å²) in [4.78, 5) is 88.4. The van der Waals surface area contributed by atoms with Gasteiger partial charge >= 0.3 is 66.8 Å². The van der Waals surface area contributed by atoms with Gasteiger partial charge in [0.05, 0.1) is 64.8 Å². The summed E-state index contributed by atoms with van der Waals surface area (Å²) in [5.74, 6) is 1.98. The number of nitrogens with zero attached hydrogens (tertiary/aromatic N) is 15. The van der Waals surface area contributed by atoms with Crippen molar-refractivity contribution < 1.29 is 54.0 Å². The van der Waals surface area contributed by atoms with Crippen LogP contribution in [0.25, 0.3) is 28.1 Å². The summed E-state index contributed by atoms with van der Waals surface area (Å²) in [5.41, 5.74) is 7.47. The third kappa shape index (κ3) is 18.5. The topological polar surface area (TPSA) is 440 Å². The van der Waals surface area contributed by atoms with Gasteiger partial charge in [0.1, 0.15) is 29.6 Å². The largest absolute Gasteiger partial charge is 0.347 e. The van der Waals surface area contributed by atoms with Gasteiger partial charge < -0.3 is 10.3 Å². The number of urea groups is 6. The molecule has 3 aliphatic heterocycles. The number of halogens is 1. The Labute approximate surface area is 631 Å². The minimum atomic E-state index is -3.93. The highest BCUT2D eigenvalue weighted by molar-refractivity contribution is 7.88. The quantitative estimate of drug-likeness (QED) is 0.0456. The van der Waals surface area contributed by atoms with E-state index >= 15 is 0 Å². The fraction of sp³-hybridized carbons (Fsp3) is 0.265. The Morgan fingerprint density at radius 2 is 0.807 bits per heavy atom. The molecule has 572 valence electrons. The number of rotatable bonds is 15. The fourth-order valence-electron chi connectivity index (χ4n) is 10.6. The highest BCUT2D eigenvalue weighted by Crippen LogP contribution is 2.32. The van der Waals surface area contributed by atoms with E-state index in [1.54, 1.807) is 135 Å². The van der Waals surface area contributed by atoms with E-state index in [0.29, 0.717) is 73.7 Å². The lowest BCUT2D eigenvalue weighted by molar-refractivity contribution is 0.132. The number of aromatic nitrogens is 10. The van der Waals surface area contributed by atoms with E-state index in [9.17, 15) is 54.0 Å². The minimum Gasteiger partial charge on any atom is -0.324 e. The normalized spacial score (nSPS) is 15.6. The number of H-pyrrole nitrogens is 1. The van der Waals surface area contributed by atoms with Gasteiger partial charge in [-0.05, 0) is 95.6 Å². The van der Waals surface area contributed by atoms with Crippen molar-refractivity contribution >= 4 is 124 Å². The summed E-state index contributed by atoms with van der Waals surface area (Å²) >= 11 is 5.91. The zero-order valence-corrected chi connectivity index (χ0v) is 64.0. The molecule has 0 spiro atoms. The summed E-state index contributed by atoms with van der Waals surface area (Å²) in [6.45, 7) is 18.0. The molecule has 8 heterocycles. The number of fused-ring (bicyclic) bond motifs is 1. The lowest BCUT2D eigenvalue weighted by Crippen LogP contribution is -2.36. The standard InChI is InChI=1S/C24H27N9O4S.C23H26ClN7O4S.C21H25N9O4S/c1-24(2,3)19-13-20(27-22(34)28-21-25-17-7-5-6-8-18(17)26-21)33(29-19)16-11-9-15(10-12-16)14-32-31(4)23(35)30-38(32,36)37;1-23(2,3)19-13-20(26-21(32)25-17-9-7-16(24)8-10-17)31(27-19)18-11-5-15(6-12-18)14-30-29(4)22(33)28-36(30,34)35;1-21(2,3)16-11-18(25-19(31)24-17-9-10-22-13-23-17)30(26-16)15-7-5-14(6-8-15)12-29-28(4)20(32)27-35(29,33)34/h5-13H,14H2,1-4H3,(H,30,35)(H3,25,26,27,28,34);5-13H,14H2,1-4H3,(H,28,33)(H2,25,26,32);5-11,13H,12H2,1-4H3,(H,27,32)(H2,22,23,24,25,31). The molecule has 0 atom stereocenters. The minimum absolute atomic E-state index is 0.0290. The van der Waals surface area contributed by atoms with Crippen LogP contribution in [0, 0.1) is 0 Å². The van der Waals surface area contributed by atoms with Crippen LogP contribution in [0.3, 0.4) is 0 Å². The van der Waals surface area contributed by atoms with E-state index in [2.05, 4.69) is 62.0 Å². The maximum Gasteiger partial charge on any atom is 0.347 e. The smallest absolute Gasteiger partial charge is 0.324 e. The first-order valence-electron chi connectivity index (χ1n) is 33.2. The molecule has 5 aromatic carbocycles. The third-order valence-corrected chi connectivity index (χ3v) is 20.9. The first kappa shape index (κ1) is 78.0. The van der Waals surface area contributed by atoms with Crippen LogP contribution in [-0.2, 0) is 66.5 Å². The van der Waals surface area contributed by atoms with Crippen LogP contribution in [0.1, 0.15) is 96.1 Å². The van der Waals surface area contributed by atoms with Gasteiger partial charge in [-0.15, -0.1) is 0 Å². The van der Waals surface area contributed by atoms with Crippen molar-refractivity contribution in [2.24, 2.45) is 0 Å². The Kier molecular flexibility index (Phi) is 21.9. The number of amides is 12. The van der Waals surface area contributed by atoms with Gasteiger partial charge in [-0.2, -0.15) is 40.5 Å². The van der Waals surface area contributed by atoms with Crippen molar-refractivity contribution in [2.75, 3.05) is 53.0 Å². The van der Waals surface area contributed by atoms with Gasteiger partial charge in [-0.25, -0.2) is 87.0 Å².